The van der Waals surface area contributed by atoms with Gasteiger partial charge in [-0.05, 0) is 64.7 Å². The van der Waals surface area contributed by atoms with Crippen LogP contribution in [0.25, 0.3) is 0 Å². The molecular weight excluding hydrogens is 373 g/mol. The van der Waals surface area contributed by atoms with Crippen LogP contribution in [0, 0.1) is 0 Å². The quantitative estimate of drug-likeness (QED) is 0.672. The zero-order valence-corrected chi connectivity index (χ0v) is 14.3. The lowest BCUT2D eigenvalue weighted by atomic mass is 10.1. The Labute approximate surface area is 142 Å². The molecule has 5 heteroatoms. The average Bonchev–Trinajstić information content (AvgIpc) is 2.48. The molecule has 0 heterocycles. The highest BCUT2D eigenvalue weighted by Crippen LogP contribution is 2.23. The van der Waals surface area contributed by atoms with Crippen LogP contribution in [0.3, 0.4) is 0 Å². The maximum atomic E-state index is 12.2. The average molecular weight is 387 g/mol. The van der Waals surface area contributed by atoms with Crippen molar-refractivity contribution in [3.05, 3.63) is 63.1 Å². The Morgan fingerprint density at radius 3 is 2.71 bits per heavy atom. The molecule has 0 aliphatic rings. The number of nitrogens with one attached hydrogen (secondary N) is 1. The Bertz CT molecular complexity index is 646. The number of hydrogen-bond donors (Lipinski definition) is 1. The van der Waals surface area contributed by atoms with E-state index in [1.54, 1.807) is 18.2 Å². The summed E-state index contributed by atoms with van der Waals surface area (Å²) in [5.74, 6) is 0.469. The number of benzene rings is 2. The van der Waals surface area contributed by atoms with Crippen molar-refractivity contribution in [2.45, 2.75) is 12.8 Å². The molecule has 1 amide bonds. The Balaban J connectivity index is 2.10. The van der Waals surface area contributed by atoms with Crippen LogP contribution < -0.4 is 5.32 Å². The zero-order valence-electron chi connectivity index (χ0n) is 11.2. The van der Waals surface area contributed by atoms with Gasteiger partial charge in [-0.25, -0.2) is 0 Å². The van der Waals surface area contributed by atoms with Gasteiger partial charge in [0.05, 0.1) is 5.02 Å². The minimum atomic E-state index is -0.165. The molecule has 0 aliphatic carbocycles. The van der Waals surface area contributed by atoms with Crippen molar-refractivity contribution in [3.8, 4) is 0 Å². The third kappa shape index (κ3) is 4.73. The fourth-order valence-corrected chi connectivity index (χ4v) is 2.55. The van der Waals surface area contributed by atoms with E-state index in [9.17, 15) is 4.79 Å². The van der Waals surface area contributed by atoms with Gasteiger partial charge in [0, 0.05) is 21.6 Å². The second-order valence-corrected chi connectivity index (χ2v) is 6.22. The van der Waals surface area contributed by atoms with Crippen molar-refractivity contribution < 1.29 is 4.79 Å². The molecule has 110 valence electrons. The van der Waals surface area contributed by atoms with Crippen LogP contribution in [-0.2, 0) is 6.42 Å². The van der Waals surface area contributed by atoms with Gasteiger partial charge in [0.1, 0.15) is 0 Å². The Morgan fingerprint density at radius 2 is 2.00 bits per heavy atom. The number of alkyl halides is 1. The van der Waals surface area contributed by atoms with Crippen LogP contribution in [0.5, 0.6) is 0 Å². The first-order valence-corrected chi connectivity index (χ1v) is 8.22. The SMILES string of the molecule is O=C(Nc1cccc(CCCCl)c1)c1ccc(Cl)c(Br)c1. The van der Waals surface area contributed by atoms with Crippen molar-refractivity contribution in [2.24, 2.45) is 0 Å². The number of aryl methyl sites for hydroxylation is 1. The Morgan fingerprint density at radius 1 is 1.19 bits per heavy atom. The van der Waals surface area contributed by atoms with Crippen molar-refractivity contribution >= 4 is 50.7 Å². The molecule has 0 fully saturated rings. The van der Waals surface area contributed by atoms with Gasteiger partial charge in [0.25, 0.3) is 5.91 Å². The van der Waals surface area contributed by atoms with Crippen LogP contribution in [-0.4, -0.2) is 11.8 Å². The van der Waals surface area contributed by atoms with Gasteiger partial charge in [-0.1, -0.05) is 23.7 Å². The molecule has 2 aromatic carbocycles. The first kappa shape index (κ1) is 16.3. The number of amides is 1. The van der Waals surface area contributed by atoms with Crippen molar-refractivity contribution in [1.29, 1.82) is 0 Å². The monoisotopic (exact) mass is 385 g/mol. The van der Waals surface area contributed by atoms with Crippen LogP contribution >= 0.6 is 39.1 Å². The van der Waals surface area contributed by atoms with Gasteiger partial charge in [-0.15, -0.1) is 11.6 Å². The van der Waals surface area contributed by atoms with E-state index in [1.165, 1.54) is 0 Å². The highest BCUT2D eigenvalue weighted by Gasteiger charge is 2.08. The van der Waals surface area contributed by atoms with Crippen LogP contribution in [0.15, 0.2) is 46.9 Å². The van der Waals surface area contributed by atoms with Gasteiger partial charge < -0.3 is 5.32 Å². The van der Waals surface area contributed by atoms with Crippen LogP contribution in [0.1, 0.15) is 22.3 Å². The van der Waals surface area contributed by atoms with Crippen molar-refractivity contribution in [3.63, 3.8) is 0 Å². The maximum absolute atomic E-state index is 12.2. The summed E-state index contributed by atoms with van der Waals surface area (Å²) < 4.78 is 0.702. The van der Waals surface area contributed by atoms with E-state index in [2.05, 4.69) is 21.2 Å². The molecule has 0 radical (unpaired) electrons. The van der Waals surface area contributed by atoms with Gasteiger partial charge in [0.15, 0.2) is 0 Å². The molecule has 0 spiro atoms. The predicted octanol–water partition coefficient (Wildman–Crippen LogP) is 5.53. The van der Waals surface area contributed by atoms with Gasteiger partial charge >= 0.3 is 0 Å². The zero-order chi connectivity index (χ0) is 15.2. The second kappa shape index (κ2) is 7.83. The third-order valence-corrected chi connectivity index (χ3v) is 4.45. The molecule has 0 unspecified atom stereocenters. The molecule has 0 aromatic heterocycles. The summed E-state index contributed by atoms with van der Waals surface area (Å²) in [6.07, 6.45) is 1.82. The smallest absolute Gasteiger partial charge is 0.255 e. The molecular formula is C16H14BrCl2NO. The fraction of sp³-hybridized carbons (Fsp3) is 0.188. The largest absolute Gasteiger partial charge is 0.322 e. The van der Waals surface area contributed by atoms with Gasteiger partial charge in [-0.3, -0.25) is 4.79 Å². The third-order valence-electron chi connectivity index (χ3n) is 2.97. The van der Waals surface area contributed by atoms with E-state index in [0.717, 1.165) is 24.1 Å². The minimum absolute atomic E-state index is 0.165. The summed E-state index contributed by atoms with van der Waals surface area (Å²) in [7, 11) is 0. The molecule has 21 heavy (non-hydrogen) atoms. The number of carbonyl (C=O) groups excluding carboxylic acids is 1. The summed E-state index contributed by atoms with van der Waals surface area (Å²) in [5, 5.41) is 3.46. The van der Waals surface area contributed by atoms with Crippen molar-refractivity contribution in [2.75, 3.05) is 11.2 Å². The summed E-state index contributed by atoms with van der Waals surface area (Å²) in [5.41, 5.74) is 2.49. The molecule has 0 atom stereocenters. The Hall–Kier alpha value is -1.03. The number of anilines is 1. The van der Waals surface area contributed by atoms with E-state index in [1.807, 2.05) is 24.3 Å². The number of rotatable bonds is 5. The number of carbonyl (C=O) groups is 1. The predicted molar refractivity (Wildman–Crippen MR) is 92.6 cm³/mol. The van der Waals surface area contributed by atoms with E-state index >= 15 is 0 Å². The highest BCUT2D eigenvalue weighted by atomic mass is 79.9. The van der Waals surface area contributed by atoms with Crippen molar-refractivity contribution in [1.82, 2.24) is 0 Å². The number of hydrogen-bond acceptors (Lipinski definition) is 1. The molecule has 0 saturated carbocycles. The van der Waals surface area contributed by atoms with E-state index in [0.29, 0.717) is 20.9 Å². The fourth-order valence-electron chi connectivity index (χ4n) is 1.92. The molecule has 0 bridgehead atoms. The summed E-state index contributed by atoms with van der Waals surface area (Å²) in [4.78, 5) is 12.2. The van der Waals surface area contributed by atoms with Gasteiger partial charge in [0.2, 0.25) is 0 Å². The first-order valence-electron chi connectivity index (χ1n) is 6.51. The van der Waals surface area contributed by atoms with E-state index < -0.39 is 0 Å². The van der Waals surface area contributed by atoms with Crippen LogP contribution in [0.4, 0.5) is 5.69 Å². The normalized spacial score (nSPS) is 10.4. The lowest BCUT2D eigenvalue weighted by molar-refractivity contribution is 0.102. The van der Waals surface area contributed by atoms with E-state index in [-0.39, 0.29) is 5.91 Å². The molecule has 2 rings (SSSR count). The minimum Gasteiger partial charge on any atom is -0.322 e. The molecule has 0 aliphatic heterocycles. The standard InChI is InChI=1S/C16H14BrCl2NO/c17-14-10-12(6-7-15(14)19)16(21)20-13-5-1-3-11(9-13)4-2-8-18/h1,3,5-7,9-10H,2,4,8H2,(H,20,21). The summed E-state index contributed by atoms with van der Waals surface area (Å²) in [6, 6.07) is 12.9. The molecule has 2 aromatic rings. The topological polar surface area (TPSA) is 29.1 Å². The molecule has 0 saturated heterocycles. The summed E-state index contributed by atoms with van der Waals surface area (Å²) in [6.45, 7) is 0. The molecule has 2 nitrogen and oxygen atoms in total. The second-order valence-electron chi connectivity index (χ2n) is 4.58. The molecule has 1 N–H and O–H groups in total. The van der Waals surface area contributed by atoms with Crippen LogP contribution in [0.2, 0.25) is 5.02 Å². The first-order chi connectivity index (χ1) is 10.1. The van der Waals surface area contributed by atoms with Gasteiger partial charge in [-0.2, -0.15) is 0 Å². The highest BCUT2D eigenvalue weighted by molar-refractivity contribution is 9.10. The Kier molecular flexibility index (Phi) is 6.09. The lowest BCUT2D eigenvalue weighted by Crippen LogP contribution is -2.12. The lowest BCUT2D eigenvalue weighted by Gasteiger charge is -2.08. The van der Waals surface area contributed by atoms with E-state index in [4.69, 9.17) is 23.2 Å². The number of halogens is 3. The maximum Gasteiger partial charge on any atom is 0.255 e. The summed E-state index contributed by atoms with van der Waals surface area (Å²) >= 11 is 14.9.